The summed E-state index contributed by atoms with van der Waals surface area (Å²) in [5.74, 6) is -0.864. The zero-order valence-corrected chi connectivity index (χ0v) is 16.9. The van der Waals surface area contributed by atoms with Gasteiger partial charge in [0.15, 0.2) is 0 Å². The topological polar surface area (TPSA) is 155 Å². The van der Waals surface area contributed by atoms with E-state index in [4.69, 9.17) is 11.5 Å². The fourth-order valence-corrected chi connectivity index (χ4v) is 3.79. The Hall–Kier alpha value is -3.82. The van der Waals surface area contributed by atoms with Crippen LogP contribution in [0.2, 0.25) is 0 Å². The summed E-state index contributed by atoms with van der Waals surface area (Å²) < 4.78 is 0. The van der Waals surface area contributed by atoms with E-state index in [1.807, 2.05) is 0 Å². The van der Waals surface area contributed by atoms with Crippen LogP contribution in [0.4, 0.5) is 0 Å². The number of carbonyl (C=O) groups excluding carboxylic acids is 3. The highest BCUT2D eigenvalue weighted by Gasteiger charge is 2.48. The summed E-state index contributed by atoms with van der Waals surface area (Å²) >= 11 is 0. The summed E-state index contributed by atoms with van der Waals surface area (Å²) in [7, 11) is 0. The standard InChI is InChI=1S/C21H24N6O4/c22-16(12-8-14(28)10-24-9-12)5-6-17(23)25-18(29)11-26-7-1-2-15-19(26)21(31)27(20(15)30)13-3-4-13/h5-6,8-10,13,28H,1-4,7,11,22-23H2,(H,25,29)/b16-5-,17-6+. The van der Waals surface area contributed by atoms with Gasteiger partial charge in [-0.1, -0.05) is 0 Å². The highest BCUT2D eigenvalue weighted by Crippen LogP contribution is 2.38. The molecule has 0 atom stereocenters. The Balaban J connectivity index is 1.40. The normalized spacial score (nSPS) is 19.7. The van der Waals surface area contributed by atoms with E-state index in [0.29, 0.717) is 41.9 Å². The van der Waals surface area contributed by atoms with E-state index >= 15 is 0 Å². The number of nitrogens with one attached hydrogen (secondary N) is 1. The molecule has 4 rings (SSSR count). The van der Waals surface area contributed by atoms with Crippen LogP contribution >= 0.6 is 0 Å². The second-order valence-electron chi connectivity index (χ2n) is 7.79. The molecule has 1 saturated carbocycles. The lowest BCUT2D eigenvalue weighted by atomic mass is 10.0. The Morgan fingerprint density at radius 2 is 2.00 bits per heavy atom. The summed E-state index contributed by atoms with van der Waals surface area (Å²) in [5.41, 5.74) is 13.5. The van der Waals surface area contributed by atoms with Gasteiger partial charge in [0.05, 0.1) is 12.7 Å². The largest absolute Gasteiger partial charge is 0.506 e. The Bertz CT molecular complexity index is 1040. The van der Waals surface area contributed by atoms with Crippen molar-refractivity contribution in [1.82, 2.24) is 20.1 Å². The first-order valence-electron chi connectivity index (χ1n) is 10.1. The van der Waals surface area contributed by atoms with Crippen LogP contribution < -0.4 is 16.8 Å². The molecule has 162 valence electrons. The first-order valence-corrected chi connectivity index (χ1v) is 10.1. The summed E-state index contributed by atoms with van der Waals surface area (Å²) in [6, 6.07) is 1.45. The number of nitrogens with zero attached hydrogens (tertiary/aromatic N) is 3. The number of rotatable bonds is 6. The summed E-state index contributed by atoms with van der Waals surface area (Å²) in [6.07, 6.45) is 8.63. The summed E-state index contributed by atoms with van der Waals surface area (Å²) in [6.45, 7) is 0.436. The van der Waals surface area contributed by atoms with Crippen molar-refractivity contribution >= 4 is 23.4 Å². The third-order valence-electron chi connectivity index (χ3n) is 5.39. The number of allylic oxidation sites excluding steroid dienone is 2. The third-order valence-corrected chi connectivity index (χ3v) is 5.39. The molecule has 0 bridgehead atoms. The number of amides is 3. The van der Waals surface area contributed by atoms with Gasteiger partial charge in [-0.05, 0) is 43.9 Å². The maximum atomic E-state index is 12.8. The van der Waals surface area contributed by atoms with Gasteiger partial charge in [0.1, 0.15) is 17.3 Å². The van der Waals surface area contributed by atoms with Crippen LogP contribution in [0.25, 0.3) is 5.70 Å². The molecule has 3 amide bonds. The van der Waals surface area contributed by atoms with Gasteiger partial charge in [-0.15, -0.1) is 0 Å². The van der Waals surface area contributed by atoms with Crippen LogP contribution in [0.15, 0.2) is 47.7 Å². The zero-order chi connectivity index (χ0) is 22.1. The number of nitrogens with two attached hydrogens (primary N) is 2. The molecule has 10 heteroatoms. The van der Waals surface area contributed by atoms with E-state index in [1.54, 1.807) is 4.90 Å². The van der Waals surface area contributed by atoms with Crippen molar-refractivity contribution < 1.29 is 19.5 Å². The van der Waals surface area contributed by atoms with Gasteiger partial charge >= 0.3 is 0 Å². The monoisotopic (exact) mass is 424 g/mol. The van der Waals surface area contributed by atoms with Gasteiger partial charge in [-0.3, -0.25) is 24.3 Å². The molecular weight excluding hydrogens is 400 g/mol. The molecule has 3 aliphatic rings. The Kier molecular flexibility index (Phi) is 5.37. The first-order chi connectivity index (χ1) is 14.8. The molecule has 1 aromatic heterocycles. The minimum Gasteiger partial charge on any atom is -0.506 e. The van der Waals surface area contributed by atoms with Crippen LogP contribution in [0.1, 0.15) is 31.2 Å². The van der Waals surface area contributed by atoms with Crippen LogP contribution in [0, 0.1) is 0 Å². The maximum absolute atomic E-state index is 12.8. The van der Waals surface area contributed by atoms with Crippen LogP contribution in [0.5, 0.6) is 5.75 Å². The average molecular weight is 424 g/mol. The lowest BCUT2D eigenvalue weighted by Gasteiger charge is -2.28. The third kappa shape index (κ3) is 4.23. The van der Waals surface area contributed by atoms with E-state index in [0.717, 1.165) is 12.8 Å². The van der Waals surface area contributed by atoms with Gasteiger partial charge in [0, 0.05) is 35.6 Å². The highest BCUT2D eigenvalue weighted by molar-refractivity contribution is 6.19. The van der Waals surface area contributed by atoms with E-state index in [9.17, 15) is 19.5 Å². The van der Waals surface area contributed by atoms with E-state index < -0.39 is 5.91 Å². The molecule has 1 aliphatic carbocycles. The van der Waals surface area contributed by atoms with Crippen molar-refractivity contribution in [3.63, 3.8) is 0 Å². The zero-order valence-electron chi connectivity index (χ0n) is 16.9. The van der Waals surface area contributed by atoms with Crippen molar-refractivity contribution in [3.8, 4) is 5.75 Å². The van der Waals surface area contributed by atoms with Crippen molar-refractivity contribution in [3.05, 3.63) is 53.3 Å². The molecule has 0 saturated heterocycles. The molecular formula is C21H24N6O4. The lowest BCUT2D eigenvalue weighted by Crippen LogP contribution is -2.42. The Labute approximate surface area is 178 Å². The fourth-order valence-electron chi connectivity index (χ4n) is 3.79. The molecule has 0 aromatic carbocycles. The number of carbonyl (C=O) groups is 3. The summed E-state index contributed by atoms with van der Waals surface area (Å²) in [4.78, 5) is 44.7. The number of hydrogen-bond acceptors (Lipinski definition) is 8. The van der Waals surface area contributed by atoms with Crippen LogP contribution in [0.3, 0.4) is 0 Å². The summed E-state index contributed by atoms with van der Waals surface area (Å²) in [5, 5.41) is 12.0. The van der Waals surface area contributed by atoms with Gasteiger partial charge in [-0.25, -0.2) is 0 Å². The second kappa shape index (κ2) is 8.13. The van der Waals surface area contributed by atoms with Crippen LogP contribution in [-0.2, 0) is 14.4 Å². The van der Waals surface area contributed by atoms with E-state index in [-0.39, 0.29) is 36.0 Å². The molecule has 0 unspecified atom stereocenters. The fraction of sp³-hybridized carbons (Fsp3) is 0.333. The molecule has 2 aliphatic heterocycles. The predicted octanol–water partition coefficient (Wildman–Crippen LogP) is -0.116. The number of pyridine rings is 1. The Morgan fingerprint density at radius 1 is 1.23 bits per heavy atom. The van der Waals surface area contributed by atoms with E-state index in [1.165, 1.54) is 35.5 Å². The molecule has 6 N–H and O–H groups in total. The molecule has 3 heterocycles. The molecule has 1 fully saturated rings. The number of hydrogen-bond donors (Lipinski definition) is 4. The molecule has 1 aromatic rings. The lowest BCUT2D eigenvalue weighted by molar-refractivity contribution is -0.138. The minimum absolute atomic E-state index is 0.00109. The van der Waals surface area contributed by atoms with Crippen molar-refractivity contribution in [2.75, 3.05) is 13.1 Å². The smallest absolute Gasteiger partial charge is 0.277 e. The van der Waals surface area contributed by atoms with Crippen molar-refractivity contribution in [2.45, 2.75) is 31.7 Å². The second-order valence-corrected chi connectivity index (χ2v) is 7.79. The van der Waals surface area contributed by atoms with Gasteiger partial charge in [-0.2, -0.15) is 0 Å². The van der Waals surface area contributed by atoms with Crippen molar-refractivity contribution in [1.29, 1.82) is 0 Å². The SMILES string of the molecule is N/C(=C\C=C(/N)NC(=O)CN1CCCC2=C1C(=O)N(C1CC1)C2=O)c1cncc(O)c1. The highest BCUT2D eigenvalue weighted by atomic mass is 16.3. The van der Waals surface area contributed by atoms with E-state index in [2.05, 4.69) is 10.3 Å². The molecule has 0 radical (unpaired) electrons. The van der Waals surface area contributed by atoms with Gasteiger partial charge < -0.3 is 26.8 Å². The van der Waals surface area contributed by atoms with Gasteiger partial charge in [0.25, 0.3) is 11.8 Å². The quantitative estimate of drug-likeness (QED) is 0.364. The van der Waals surface area contributed by atoms with Crippen molar-refractivity contribution in [2.24, 2.45) is 11.5 Å². The van der Waals surface area contributed by atoms with Crippen LogP contribution in [-0.4, -0.2) is 56.7 Å². The molecule has 10 nitrogen and oxygen atoms in total. The Morgan fingerprint density at radius 3 is 2.71 bits per heavy atom. The van der Waals surface area contributed by atoms with Gasteiger partial charge in [0.2, 0.25) is 5.91 Å². The number of aromatic nitrogens is 1. The number of imide groups is 1. The maximum Gasteiger partial charge on any atom is 0.277 e. The first kappa shape index (κ1) is 20.5. The average Bonchev–Trinajstić information content (AvgIpc) is 3.52. The predicted molar refractivity (Wildman–Crippen MR) is 111 cm³/mol. The number of aromatic hydroxyl groups is 1. The molecule has 0 spiro atoms. The molecule has 31 heavy (non-hydrogen) atoms. The minimum atomic E-state index is -0.404.